The number of aromatic nitrogens is 3. The first-order valence-electron chi connectivity index (χ1n) is 6.03. The molecule has 0 spiro atoms. The van der Waals surface area contributed by atoms with Crippen molar-refractivity contribution < 1.29 is 0 Å². The molecule has 0 aliphatic carbocycles. The SMILES string of the molecule is CCn1cncc1C(CN)N(C)Cc1cscn1. The molecule has 0 saturated carbocycles. The number of thiazole rings is 1. The van der Waals surface area contributed by atoms with E-state index in [1.165, 1.54) is 0 Å². The van der Waals surface area contributed by atoms with Crippen LogP contribution >= 0.6 is 11.3 Å². The average molecular weight is 265 g/mol. The summed E-state index contributed by atoms with van der Waals surface area (Å²) in [7, 11) is 2.07. The summed E-state index contributed by atoms with van der Waals surface area (Å²) in [5.41, 5.74) is 10.0. The zero-order chi connectivity index (χ0) is 13.0. The molecule has 0 radical (unpaired) electrons. The van der Waals surface area contributed by atoms with E-state index in [2.05, 4.69) is 38.8 Å². The van der Waals surface area contributed by atoms with Crippen LogP contribution in [0.4, 0.5) is 0 Å². The van der Waals surface area contributed by atoms with Crippen molar-refractivity contribution in [2.75, 3.05) is 13.6 Å². The van der Waals surface area contributed by atoms with Crippen LogP contribution < -0.4 is 5.73 Å². The number of nitrogens with two attached hydrogens (primary N) is 1. The summed E-state index contributed by atoms with van der Waals surface area (Å²) >= 11 is 1.62. The number of aryl methyl sites for hydroxylation is 1. The Labute approximate surface area is 111 Å². The summed E-state index contributed by atoms with van der Waals surface area (Å²) in [5.74, 6) is 0. The number of imidazole rings is 1. The van der Waals surface area contributed by atoms with Crippen LogP contribution in [0, 0.1) is 0 Å². The highest BCUT2D eigenvalue weighted by Gasteiger charge is 2.19. The van der Waals surface area contributed by atoms with Gasteiger partial charge in [0, 0.05) is 31.2 Å². The molecule has 98 valence electrons. The smallest absolute Gasteiger partial charge is 0.0948 e. The summed E-state index contributed by atoms with van der Waals surface area (Å²) in [4.78, 5) is 10.7. The maximum Gasteiger partial charge on any atom is 0.0948 e. The first kappa shape index (κ1) is 13.2. The zero-order valence-electron chi connectivity index (χ0n) is 10.8. The second-order valence-corrected chi connectivity index (χ2v) is 4.97. The van der Waals surface area contributed by atoms with Crippen molar-refractivity contribution in [2.24, 2.45) is 5.73 Å². The number of hydrogen-bond donors (Lipinski definition) is 1. The third kappa shape index (κ3) is 2.77. The van der Waals surface area contributed by atoms with E-state index in [1.54, 1.807) is 11.3 Å². The molecule has 0 aliphatic rings. The molecule has 0 aromatic carbocycles. The maximum atomic E-state index is 5.92. The predicted octanol–water partition coefficient (Wildman–Crippen LogP) is 1.49. The van der Waals surface area contributed by atoms with Gasteiger partial charge < -0.3 is 10.3 Å². The number of likely N-dealkylation sites (N-methyl/N-ethyl adjacent to an activating group) is 1. The van der Waals surface area contributed by atoms with Crippen LogP contribution in [0.3, 0.4) is 0 Å². The van der Waals surface area contributed by atoms with Crippen LogP contribution in [0.5, 0.6) is 0 Å². The molecule has 0 bridgehead atoms. The number of nitrogens with zero attached hydrogens (tertiary/aromatic N) is 4. The van der Waals surface area contributed by atoms with E-state index < -0.39 is 0 Å². The van der Waals surface area contributed by atoms with E-state index in [0.29, 0.717) is 6.54 Å². The molecule has 1 atom stereocenters. The van der Waals surface area contributed by atoms with Gasteiger partial charge in [-0.3, -0.25) is 4.90 Å². The Bertz CT molecular complexity index is 465. The van der Waals surface area contributed by atoms with Gasteiger partial charge in [0.1, 0.15) is 0 Å². The Kier molecular flexibility index (Phi) is 4.46. The van der Waals surface area contributed by atoms with Gasteiger partial charge in [-0.1, -0.05) is 0 Å². The molecule has 2 aromatic heterocycles. The van der Waals surface area contributed by atoms with Crippen LogP contribution in [0.15, 0.2) is 23.4 Å². The van der Waals surface area contributed by atoms with Gasteiger partial charge >= 0.3 is 0 Å². The Balaban J connectivity index is 2.13. The second kappa shape index (κ2) is 6.08. The molecule has 2 rings (SSSR count). The lowest BCUT2D eigenvalue weighted by Gasteiger charge is -2.26. The molecule has 5 nitrogen and oxygen atoms in total. The van der Waals surface area contributed by atoms with Gasteiger partial charge in [0.15, 0.2) is 0 Å². The fourth-order valence-corrected chi connectivity index (χ4v) is 2.63. The normalized spacial score (nSPS) is 13.1. The minimum Gasteiger partial charge on any atom is -0.333 e. The minimum atomic E-state index is 0.175. The molecule has 6 heteroatoms. The lowest BCUT2D eigenvalue weighted by Crippen LogP contribution is -2.31. The van der Waals surface area contributed by atoms with Gasteiger partial charge in [0.05, 0.1) is 29.3 Å². The van der Waals surface area contributed by atoms with Crippen molar-refractivity contribution in [3.63, 3.8) is 0 Å². The van der Waals surface area contributed by atoms with Gasteiger partial charge in [-0.25, -0.2) is 9.97 Å². The molecule has 0 amide bonds. The Morgan fingerprint density at radius 3 is 3.00 bits per heavy atom. The van der Waals surface area contributed by atoms with E-state index in [1.807, 2.05) is 18.0 Å². The standard InChI is InChI=1S/C12H19N5S/c1-3-17-8-14-5-12(17)11(4-13)16(2)6-10-7-18-9-15-10/h5,7-9,11H,3-4,6,13H2,1-2H3. The summed E-state index contributed by atoms with van der Waals surface area (Å²) in [6, 6.07) is 0.175. The van der Waals surface area contributed by atoms with Crippen LogP contribution in [-0.4, -0.2) is 33.0 Å². The quantitative estimate of drug-likeness (QED) is 0.859. The fourth-order valence-electron chi connectivity index (χ4n) is 2.08. The Morgan fingerprint density at radius 2 is 2.39 bits per heavy atom. The maximum absolute atomic E-state index is 5.92. The highest BCUT2D eigenvalue weighted by molar-refractivity contribution is 7.07. The van der Waals surface area contributed by atoms with Gasteiger partial charge in [-0.05, 0) is 14.0 Å². The Morgan fingerprint density at radius 1 is 1.56 bits per heavy atom. The van der Waals surface area contributed by atoms with Gasteiger partial charge in [-0.15, -0.1) is 11.3 Å². The van der Waals surface area contributed by atoms with Crippen LogP contribution in [-0.2, 0) is 13.1 Å². The second-order valence-electron chi connectivity index (χ2n) is 4.25. The van der Waals surface area contributed by atoms with Crippen LogP contribution in [0.2, 0.25) is 0 Å². The highest BCUT2D eigenvalue weighted by Crippen LogP contribution is 2.20. The van der Waals surface area contributed by atoms with Crippen molar-refractivity contribution >= 4 is 11.3 Å². The zero-order valence-corrected chi connectivity index (χ0v) is 11.6. The van der Waals surface area contributed by atoms with Gasteiger partial charge in [0.2, 0.25) is 0 Å². The molecule has 0 fully saturated rings. The lowest BCUT2D eigenvalue weighted by atomic mass is 10.2. The molecule has 2 N–H and O–H groups in total. The molecule has 18 heavy (non-hydrogen) atoms. The van der Waals surface area contributed by atoms with E-state index in [0.717, 1.165) is 24.5 Å². The third-order valence-corrected chi connectivity index (χ3v) is 3.71. The molecule has 1 unspecified atom stereocenters. The first-order chi connectivity index (χ1) is 8.76. The monoisotopic (exact) mass is 265 g/mol. The summed E-state index contributed by atoms with van der Waals surface area (Å²) in [6.07, 6.45) is 3.76. The Hall–Kier alpha value is -1.24. The third-order valence-electron chi connectivity index (χ3n) is 3.08. The van der Waals surface area contributed by atoms with E-state index in [9.17, 15) is 0 Å². The molecule has 0 saturated heterocycles. The van der Waals surface area contributed by atoms with Crippen molar-refractivity contribution in [2.45, 2.75) is 26.1 Å². The summed E-state index contributed by atoms with van der Waals surface area (Å²) in [6.45, 7) is 4.40. The molecule has 2 heterocycles. The van der Waals surface area contributed by atoms with Crippen LogP contribution in [0.25, 0.3) is 0 Å². The largest absolute Gasteiger partial charge is 0.333 e. The molecular formula is C12H19N5S. The first-order valence-corrected chi connectivity index (χ1v) is 6.98. The molecule has 2 aromatic rings. The lowest BCUT2D eigenvalue weighted by molar-refractivity contribution is 0.230. The number of rotatable bonds is 6. The van der Waals surface area contributed by atoms with E-state index in [-0.39, 0.29) is 6.04 Å². The topological polar surface area (TPSA) is 60.0 Å². The van der Waals surface area contributed by atoms with E-state index >= 15 is 0 Å². The fraction of sp³-hybridized carbons (Fsp3) is 0.500. The highest BCUT2D eigenvalue weighted by atomic mass is 32.1. The minimum absolute atomic E-state index is 0.175. The summed E-state index contributed by atoms with van der Waals surface area (Å²) in [5, 5.41) is 2.07. The summed E-state index contributed by atoms with van der Waals surface area (Å²) < 4.78 is 2.13. The van der Waals surface area contributed by atoms with Crippen molar-refractivity contribution in [1.29, 1.82) is 0 Å². The van der Waals surface area contributed by atoms with Crippen molar-refractivity contribution in [1.82, 2.24) is 19.4 Å². The number of hydrogen-bond acceptors (Lipinski definition) is 5. The van der Waals surface area contributed by atoms with E-state index in [4.69, 9.17) is 5.73 Å². The van der Waals surface area contributed by atoms with Crippen molar-refractivity contribution in [3.05, 3.63) is 34.8 Å². The van der Waals surface area contributed by atoms with Crippen molar-refractivity contribution in [3.8, 4) is 0 Å². The van der Waals surface area contributed by atoms with Gasteiger partial charge in [-0.2, -0.15) is 0 Å². The van der Waals surface area contributed by atoms with Crippen LogP contribution in [0.1, 0.15) is 24.4 Å². The molecule has 0 aliphatic heterocycles. The molecular weight excluding hydrogens is 246 g/mol. The predicted molar refractivity (Wildman–Crippen MR) is 73.3 cm³/mol. The van der Waals surface area contributed by atoms with Gasteiger partial charge in [0.25, 0.3) is 0 Å². The average Bonchev–Trinajstić information content (AvgIpc) is 3.01.